The van der Waals surface area contributed by atoms with Gasteiger partial charge >= 0.3 is 0 Å². The van der Waals surface area contributed by atoms with Gasteiger partial charge in [0.25, 0.3) is 0 Å². The minimum Gasteiger partial charge on any atom is -0.550 e. The van der Waals surface area contributed by atoms with E-state index in [9.17, 15) is 14.7 Å². The van der Waals surface area contributed by atoms with E-state index in [4.69, 9.17) is 0 Å². The lowest BCUT2D eigenvalue weighted by Gasteiger charge is -2.31. The summed E-state index contributed by atoms with van der Waals surface area (Å²) in [5.41, 5.74) is 0.700. The molecule has 2 atom stereocenters. The van der Waals surface area contributed by atoms with Gasteiger partial charge in [0, 0.05) is 23.5 Å². The molecule has 3 rings (SSSR count). The van der Waals surface area contributed by atoms with Crippen LogP contribution >= 0.6 is 0 Å². The number of anilines is 1. The van der Waals surface area contributed by atoms with Crippen LogP contribution in [-0.4, -0.2) is 11.9 Å². The Labute approximate surface area is 129 Å². The number of carboxylic acid groups (broad SMARTS) is 1. The maximum absolute atomic E-state index is 12.4. The highest BCUT2D eigenvalue weighted by molar-refractivity contribution is 5.97. The van der Waals surface area contributed by atoms with Crippen LogP contribution in [0.25, 0.3) is 10.8 Å². The van der Waals surface area contributed by atoms with Gasteiger partial charge in [-0.2, -0.15) is 0 Å². The average molecular weight is 296 g/mol. The summed E-state index contributed by atoms with van der Waals surface area (Å²) in [7, 11) is 0. The van der Waals surface area contributed by atoms with Crippen LogP contribution in [0.1, 0.15) is 25.7 Å². The summed E-state index contributed by atoms with van der Waals surface area (Å²) in [6.45, 7) is 0. The highest BCUT2D eigenvalue weighted by Gasteiger charge is 2.31. The van der Waals surface area contributed by atoms with Crippen LogP contribution in [0, 0.1) is 11.8 Å². The van der Waals surface area contributed by atoms with Gasteiger partial charge in [0.15, 0.2) is 0 Å². The molecule has 1 N–H and O–H groups in total. The summed E-state index contributed by atoms with van der Waals surface area (Å²) in [5.74, 6) is -2.50. The predicted octanol–water partition coefficient (Wildman–Crippen LogP) is 2.33. The van der Waals surface area contributed by atoms with Crippen molar-refractivity contribution >= 4 is 28.3 Å². The monoisotopic (exact) mass is 296 g/mol. The van der Waals surface area contributed by atoms with E-state index in [-0.39, 0.29) is 5.91 Å². The fourth-order valence-electron chi connectivity index (χ4n) is 3.23. The van der Waals surface area contributed by atoms with Crippen LogP contribution in [0.5, 0.6) is 0 Å². The van der Waals surface area contributed by atoms with E-state index < -0.39 is 17.8 Å². The van der Waals surface area contributed by atoms with Crippen LogP contribution in [-0.2, 0) is 9.59 Å². The molecule has 0 aromatic heterocycles. The third kappa shape index (κ3) is 2.96. The quantitative estimate of drug-likeness (QED) is 0.945. The van der Waals surface area contributed by atoms with Gasteiger partial charge in [-0.15, -0.1) is 0 Å². The fraction of sp³-hybridized carbons (Fsp3) is 0.333. The van der Waals surface area contributed by atoms with Gasteiger partial charge in [-0.3, -0.25) is 4.79 Å². The first kappa shape index (κ1) is 14.6. The first-order valence-corrected chi connectivity index (χ1v) is 7.65. The Kier molecular flexibility index (Phi) is 4.09. The third-order valence-electron chi connectivity index (χ3n) is 4.42. The molecule has 22 heavy (non-hydrogen) atoms. The number of amides is 1. The molecular weight excluding hydrogens is 278 g/mol. The van der Waals surface area contributed by atoms with Crippen LogP contribution < -0.4 is 10.4 Å². The highest BCUT2D eigenvalue weighted by Crippen LogP contribution is 2.31. The maximum atomic E-state index is 12.4. The molecule has 0 unspecified atom stereocenters. The number of carbonyl (C=O) groups is 2. The molecule has 1 fully saturated rings. The van der Waals surface area contributed by atoms with Crippen molar-refractivity contribution in [3.05, 3.63) is 42.5 Å². The summed E-state index contributed by atoms with van der Waals surface area (Å²) in [4.78, 5) is 23.6. The zero-order valence-electron chi connectivity index (χ0n) is 12.2. The van der Waals surface area contributed by atoms with Gasteiger partial charge in [0.2, 0.25) is 5.91 Å². The van der Waals surface area contributed by atoms with Crippen LogP contribution in [0.3, 0.4) is 0 Å². The first-order chi connectivity index (χ1) is 10.6. The summed E-state index contributed by atoms with van der Waals surface area (Å²) in [6, 6.07) is 13.6. The van der Waals surface area contributed by atoms with E-state index in [1.54, 1.807) is 0 Å². The molecule has 4 nitrogen and oxygen atoms in total. The Morgan fingerprint density at radius 2 is 1.64 bits per heavy atom. The van der Waals surface area contributed by atoms with E-state index in [0.29, 0.717) is 18.5 Å². The second-order valence-electron chi connectivity index (χ2n) is 5.87. The number of nitrogens with one attached hydrogen (secondary N) is 1. The van der Waals surface area contributed by atoms with Gasteiger partial charge in [0.05, 0.1) is 0 Å². The topological polar surface area (TPSA) is 69.2 Å². The number of fused-ring (bicyclic) bond motifs is 1. The van der Waals surface area contributed by atoms with Crippen molar-refractivity contribution in [2.75, 3.05) is 5.32 Å². The van der Waals surface area contributed by atoms with Crippen molar-refractivity contribution < 1.29 is 14.7 Å². The van der Waals surface area contributed by atoms with Crippen molar-refractivity contribution in [2.45, 2.75) is 25.7 Å². The fourth-order valence-corrected chi connectivity index (χ4v) is 3.23. The first-order valence-electron chi connectivity index (χ1n) is 7.65. The second kappa shape index (κ2) is 6.18. The van der Waals surface area contributed by atoms with Gasteiger partial charge in [-0.05, 0) is 35.7 Å². The van der Waals surface area contributed by atoms with Crippen molar-refractivity contribution in [3.8, 4) is 0 Å². The number of rotatable bonds is 3. The second-order valence-corrected chi connectivity index (χ2v) is 5.87. The molecule has 0 bridgehead atoms. The van der Waals surface area contributed by atoms with Gasteiger partial charge in [-0.1, -0.05) is 43.2 Å². The molecule has 0 spiro atoms. The zero-order chi connectivity index (χ0) is 15.5. The number of carboxylic acids is 1. The molecule has 0 radical (unpaired) electrons. The lowest BCUT2D eigenvalue weighted by molar-refractivity contribution is -0.313. The molecule has 1 aliphatic carbocycles. The number of benzene rings is 2. The van der Waals surface area contributed by atoms with Crippen molar-refractivity contribution in [2.24, 2.45) is 11.8 Å². The molecule has 2 aromatic rings. The number of hydrogen-bond donors (Lipinski definition) is 1. The minimum absolute atomic E-state index is 0.218. The Balaban J connectivity index is 1.78. The van der Waals surface area contributed by atoms with Crippen molar-refractivity contribution in [1.29, 1.82) is 0 Å². The molecule has 0 heterocycles. The van der Waals surface area contributed by atoms with Crippen molar-refractivity contribution in [1.82, 2.24) is 0 Å². The summed E-state index contributed by atoms with van der Waals surface area (Å²) >= 11 is 0. The molecule has 0 saturated heterocycles. The van der Waals surface area contributed by atoms with E-state index in [0.717, 1.165) is 23.6 Å². The third-order valence-corrected chi connectivity index (χ3v) is 4.42. The molecular formula is C18H18NO3-. The predicted molar refractivity (Wildman–Crippen MR) is 83.0 cm³/mol. The maximum Gasteiger partial charge on any atom is 0.228 e. The van der Waals surface area contributed by atoms with E-state index in [1.165, 1.54) is 0 Å². The molecule has 1 aliphatic rings. The lowest BCUT2D eigenvalue weighted by Crippen LogP contribution is -2.42. The van der Waals surface area contributed by atoms with E-state index >= 15 is 0 Å². The van der Waals surface area contributed by atoms with Crippen molar-refractivity contribution in [3.63, 3.8) is 0 Å². The average Bonchev–Trinajstić information content (AvgIpc) is 2.54. The van der Waals surface area contributed by atoms with Crippen LogP contribution in [0.4, 0.5) is 5.69 Å². The summed E-state index contributed by atoms with van der Waals surface area (Å²) in [6.07, 6.45) is 2.87. The minimum atomic E-state index is -1.11. The number of hydrogen-bond acceptors (Lipinski definition) is 3. The smallest absolute Gasteiger partial charge is 0.228 e. The Hall–Kier alpha value is -2.36. The molecule has 114 valence electrons. The zero-order valence-corrected chi connectivity index (χ0v) is 12.2. The Morgan fingerprint density at radius 1 is 0.955 bits per heavy atom. The molecule has 0 aliphatic heterocycles. The highest BCUT2D eigenvalue weighted by atomic mass is 16.4. The largest absolute Gasteiger partial charge is 0.550 e. The molecule has 4 heteroatoms. The molecule has 1 saturated carbocycles. The Morgan fingerprint density at radius 3 is 2.36 bits per heavy atom. The molecule has 2 aromatic carbocycles. The summed E-state index contributed by atoms with van der Waals surface area (Å²) in [5, 5.41) is 16.2. The summed E-state index contributed by atoms with van der Waals surface area (Å²) < 4.78 is 0. The Bertz CT molecular complexity index is 710. The SMILES string of the molecule is O=C([O-])[C@H]1CCCC[C@@H]1C(=O)Nc1ccc2ccccc2c1. The van der Waals surface area contributed by atoms with E-state index in [1.807, 2.05) is 42.5 Å². The molecule has 1 amide bonds. The number of carbonyl (C=O) groups excluding carboxylic acids is 2. The van der Waals surface area contributed by atoms with E-state index in [2.05, 4.69) is 5.32 Å². The number of aliphatic carboxylic acids is 1. The van der Waals surface area contributed by atoms with Crippen LogP contribution in [0.2, 0.25) is 0 Å². The lowest BCUT2D eigenvalue weighted by atomic mass is 9.78. The normalized spacial score (nSPS) is 21.5. The standard InChI is InChI=1S/C18H19NO3/c20-17(15-7-3-4-8-16(15)18(21)22)19-14-10-9-12-5-1-2-6-13(12)11-14/h1-2,5-6,9-11,15-16H,3-4,7-8H2,(H,19,20)(H,21,22)/p-1/t15-,16-/m0/s1. The van der Waals surface area contributed by atoms with Crippen LogP contribution in [0.15, 0.2) is 42.5 Å². The van der Waals surface area contributed by atoms with Gasteiger partial charge in [0.1, 0.15) is 0 Å². The van der Waals surface area contributed by atoms with Gasteiger partial charge in [-0.25, -0.2) is 0 Å². The van der Waals surface area contributed by atoms with Gasteiger partial charge < -0.3 is 15.2 Å².